The molecule has 4 rings (SSSR count). The first-order valence-electron chi connectivity index (χ1n) is 10.0. The highest BCUT2D eigenvalue weighted by Crippen LogP contribution is 2.35. The summed E-state index contributed by atoms with van der Waals surface area (Å²) in [4.78, 5) is 37.7. The van der Waals surface area contributed by atoms with Crippen molar-refractivity contribution in [3.05, 3.63) is 36.2 Å². The second-order valence-electron chi connectivity index (χ2n) is 7.84. The molecule has 7 nitrogen and oxygen atoms in total. The number of nitrogens with zero attached hydrogens (tertiary/aromatic N) is 4. The molecule has 0 unspecified atom stereocenters. The van der Waals surface area contributed by atoms with Gasteiger partial charge in [-0.25, -0.2) is 4.79 Å². The van der Waals surface area contributed by atoms with Gasteiger partial charge < -0.3 is 14.5 Å². The van der Waals surface area contributed by atoms with Crippen LogP contribution in [0.5, 0.6) is 0 Å². The van der Waals surface area contributed by atoms with Gasteiger partial charge in [0.05, 0.1) is 17.6 Å². The molecule has 2 aliphatic heterocycles. The maximum absolute atomic E-state index is 13.1. The van der Waals surface area contributed by atoms with Gasteiger partial charge in [-0.05, 0) is 25.5 Å². The van der Waals surface area contributed by atoms with Crippen LogP contribution in [0.25, 0.3) is 11.0 Å². The van der Waals surface area contributed by atoms with Crippen molar-refractivity contribution in [3.8, 4) is 0 Å². The second-order valence-corrected chi connectivity index (χ2v) is 7.84. The fourth-order valence-corrected chi connectivity index (χ4v) is 4.27. The monoisotopic (exact) mass is 382 g/mol. The summed E-state index contributed by atoms with van der Waals surface area (Å²) in [7, 11) is 0. The molecule has 2 saturated heterocycles. The average Bonchev–Trinajstić information content (AvgIpc) is 3.03. The van der Waals surface area contributed by atoms with Gasteiger partial charge in [-0.3, -0.25) is 14.8 Å². The molecule has 1 aromatic heterocycles. The van der Waals surface area contributed by atoms with Crippen LogP contribution in [0.2, 0.25) is 0 Å². The summed E-state index contributed by atoms with van der Waals surface area (Å²) in [6.07, 6.45) is 6.35. The highest BCUT2D eigenvalue weighted by Gasteiger charge is 2.48. The second kappa shape index (κ2) is 7.37. The Kier molecular flexibility index (Phi) is 4.91. The fraction of sp³-hybridized carbons (Fsp3) is 0.524. The lowest BCUT2D eigenvalue weighted by atomic mass is 9.90. The average molecular weight is 382 g/mol. The van der Waals surface area contributed by atoms with E-state index < -0.39 is 5.60 Å². The van der Waals surface area contributed by atoms with Crippen LogP contribution in [-0.2, 0) is 4.74 Å². The summed E-state index contributed by atoms with van der Waals surface area (Å²) in [6.45, 7) is 5.95. The molecule has 1 spiro atoms. The molecule has 0 radical (unpaired) electrons. The lowest BCUT2D eigenvalue weighted by Crippen LogP contribution is -2.49. The quantitative estimate of drug-likeness (QED) is 0.811. The lowest BCUT2D eigenvalue weighted by molar-refractivity contribution is 0.00312. The summed E-state index contributed by atoms with van der Waals surface area (Å²) in [5, 5.41) is 0. The molecule has 2 aromatic rings. The maximum Gasteiger partial charge on any atom is 0.410 e. The van der Waals surface area contributed by atoms with E-state index in [9.17, 15) is 9.59 Å². The predicted octanol–water partition coefficient (Wildman–Crippen LogP) is 3.25. The van der Waals surface area contributed by atoms with E-state index in [-0.39, 0.29) is 18.0 Å². The highest BCUT2D eigenvalue weighted by molar-refractivity contribution is 6.04. The number of ether oxygens (including phenoxy) is 1. The van der Waals surface area contributed by atoms with E-state index >= 15 is 0 Å². The van der Waals surface area contributed by atoms with Crippen molar-refractivity contribution in [2.24, 2.45) is 0 Å². The number of carbonyl (C=O) groups excluding carboxylic acids is 2. The number of benzene rings is 1. The molecule has 0 aliphatic carbocycles. The number of likely N-dealkylation sites (tertiary alicyclic amines) is 1. The van der Waals surface area contributed by atoms with Crippen LogP contribution in [0.15, 0.2) is 30.6 Å². The first-order chi connectivity index (χ1) is 13.5. The molecule has 28 heavy (non-hydrogen) atoms. The first-order valence-corrected chi connectivity index (χ1v) is 10.0. The van der Waals surface area contributed by atoms with Crippen LogP contribution in [0.1, 0.15) is 49.9 Å². The Morgan fingerprint density at radius 2 is 2.00 bits per heavy atom. The summed E-state index contributed by atoms with van der Waals surface area (Å²) in [5.74, 6) is -0.0403. The van der Waals surface area contributed by atoms with Crippen molar-refractivity contribution in [2.75, 3.05) is 19.6 Å². The molecule has 1 atom stereocenters. The van der Waals surface area contributed by atoms with Gasteiger partial charge in [0.2, 0.25) is 0 Å². The maximum atomic E-state index is 13.1. The number of fused-ring (bicyclic) bond motifs is 1. The third-order valence-electron chi connectivity index (χ3n) is 5.93. The molecule has 0 saturated carbocycles. The number of aromatic nitrogens is 2. The van der Waals surface area contributed by atoms with Crippen LogP contribution in [0.3, 0.4) is 0 Å². The molecule has 7 heteroatoms. The highest BCUT2D eigenvalue weighted by atomic mass is 16.6. The van der Waals surface area contributed by atoms with E-state index in [0.717, 1.165) is 12.8 Å². The zero-order valence-corrected chi connectivity index (χ0v) is 16.4. The van der Waals surface area contributed by atoms with Gasteiger partial charge in [0, 0.05) is 44.4 Å². The minimum absolute atomic E-state index is 0.0403. The smallest absolute Gasteiger partial charge is 0.410 e. The number of rotatable bonds is 4. The topological polar surface area (TPSA) is 75.6 Å². The predicted molar refractivity (Wildman–Crippen MR) is 105 cm³/mol. The van der Waals surface area contributed by atoms with Gasteiger partial charge in [0.15, 0.2) is 0 Å². The molecular formula is C21H26N4O3. The van der Waals surface area contributed by atoms with Crippen molar-refractivity contribution in [2.45, 2.75) is 51.2 Å². The Bertz CT molecular complexity index is 887. The van der Waals surface area contributed by atoms with Crippen molar-refractivity contribution in [1.29, 1.82) is 0 Å². The Labute approximate surface area is 164 Å². The van der Waals surface area contributed by atoms with Gasteiger partial charge in [-0.1, -0.05) is 19.4 Å². The molecule has 3 heterocycles. The normalized spacial score (nSPS) is 19.9. The Morgan fingerprint density at radius 3 is 2.75 bits per heavy atom. The van der Waals surface area contributed by atoms with Crippen molar-refractivity contribution >= 4 is 23.0 Å². The third-order valence-corrected chi connectivity index (χ3v) is 5.93. The van der Waals surface area contributed by atoms with Crippen molar-refractivity contribution in [1.82, 2.24) is 19.8 Å². The van der Waals surface area contributed by atoms with E-state index in [2.05, 4.69) is 23.8 Å². The lowest BCUT2D eigenvalue weighted by Gasteiger charge is -2.37. The standard InChI is InChI=1S/C21H26N4O3/c1-3-5-15(2)25-14-21(28-20(25)27)8-12-24(13-9-21)19(26)16-6-4-7-17-18(16)23-11-10-22-17/h4,6-7,10-11,15H,3,5,8-9,12-14H2,1-2H3/t15-/m1/s1. The van der Waals surface area contributed by atoms with E-state index in [1.807, 2.05) is 21.9 Å². The van der Waals surface area contributed by atoms with E-state index in [0.29, 0.717) is 49.1 Å². The van der Waals surface area contributed by atoms with Crippen LogP contribution in [0.4, 0.5) is 4.79 Å². The van der Waals surface area contributed by atoms with Crippen molar-refractivity contribution in [3.63, 3.8) is 0 Å². The summed E-state index contributed by atoms with van der Waals surface area (Å²) < 4.78 is 5.80. The largest absolute Gasteiger partial charge is 0.441 e. The minimum atomic E-state index is -0.464. The summed E-state index contributed by atoms with van der Waals surface area (Å²) in [5.41, 5.74) is 1.45. The molecule has 0 bridgehead atoms. The Morgan fingerprint density at radius 1 is 1.25 bits per heavy atom. The molecule has 2 amide bonds. The molecule has 1 aromatic carbocycles. The Hall–Kier alpha value is -2.70. The summed E-state index contributed by atoms with van der Waals surface area (Å²) in [6, 6.07) is 5.68. The molecule has 2 fully saturated rings. The van der Waals surface area contributed by atoms with Crippen LogP contribution in [0, 0.1) is 0 Å². The number of para-hydroxylation sites is 1. The first kappa shape index (κ1) is 18.7. The fourth-order valence-electron chi connectivity index (χ4n) is 4.27. The van der Waals surface area contributed by atoms with Gasteiger partial charge >= 0.3 is 6.09 Å². The van der Waals surface area contributed by atoms with Gasteiger partial charge in [-0.2, -0.15) is 0 Å². The molecule has 2 aliphatic rings. The molecular weight excluding hydrogens is 356 g/mol. The SMILES string of the molecule is CCC[C@@H](C)N1CC2(CCN(C(=O)c3cccc4nccnc34)CC2)OC1=O. The van der Waals surface area contributed by atoms with Crippen LogP contribution in [-0.4, -0.2) is 63.0 Å². The van der Waals surface area contributed by atoms with Gasteiger partial charge in [0.1, 0.15) is 11.1 Å². The molecule has 148 valence electrons. The molecule has 0 N–H and O–H groups in total. The van der Waals surface area contributed by atoms with Gasteiger partial charge in [0.25, 0.3) is 5.91 Å². The van der Waals surface area contributed by atoms with Gasteiger partial charge in [-0.15, -0.1) is 0 Å². The summed E-state index contributed by atoms with van der Waals surface area (Å²) >= 11 is 0. The number of hydrogen-bond donors (Lipinski definition) is 0. The van der Waals surface area contributed by atoms with E-state index in [4.69, 9.17) is 4.74 Å². The van der Waals surface area contributed by atoms with E-state index in [1.54, 1.807) is 18.5 Å². The van der Waals surface area contributed by atoms with E-state index in [1.165, 1.54) is 0 Å². The third kappa shape index (κ3) is 3.30. The van der Waals surface area contributed by atoms with Crippen LogP contribution < -0.4 is 0 Å². The number of hydrogen-bond acceptors (Lipinski definition) is 5. The number of amides is 2. The zero-order valence-electron chi connectivity index (χ0n) is 16.4. The van der Waals surface area contributed by atoms with Crippen molar-refractivity contribution < 1.29 is 14.3 Å². The van der Waals surface area contributed by atoms with Crippen LogP contribution >= 0.6 is 0 Å². The minimum Gasteiger partial charge on any atom is -0.441 e. The number of piperidine rings is 1. The number of carbonyl (C=O) groups is 2. The zero-order chi connectivity index (χ0) is 19.7. The Balaban J connectivity index is 1.46.